The van der Waals surface area contributed by atoms with Crippen LogP contribution < -0.4 is 11.1 Å². The van der Waals surface area contributed by atoms with Gasteiger partial charge >= 0.3 is 6.03 Å². The second-order valence-corrected chi connectivity index (χ2v) is 3.40. The number of rotatable bonds is 3. The van der Waals surface area contributed by atoms with E-state index >= 15 is 0 Å². The van der Waals surface area contributed by atoms with E-state index in [1.165, 1.54) is 0 Å². The Morgan fingerprint density at radius 3 is 2.44 bits per heavy atom. The number of carbonyl (C=O) groups excluding carboxylic acids is 2. The van der Waals surface area contributed by atoms with Crippen molar-refractivity contribution in [2.24, 2.45) is 5.73 Å². The summed E-state index contributed by atoms with van der Waals surface area (Å²) in [7, 11) is 0. The third-order valence-electron chi connectivity index (χ3n) is 1.64. The number of halogens is 1. The van der Waals surface area contributed by atoms with Crippen LogP contribution >= 0.6 is 11.6 Å². The van der Waals surface area contributed by atoms with Crippen LogP contribution in [0.1, 0.15) is 0 Å². The Labute approximate surface area is 96.6 Å². The highest BCUT2D eigenvalue weighted by atomic mass is 35.5. The van der Waals surface area contributed by atoms with E-state index in [2.05, 4.69) is 5.32 Å². The predicted molar refractivity (Wildman–Crippen MR) is 58.2 cm³/mol. The zero-order chi connectivity index (χ0) is 12.1. The first-order valence-electron chi connectivity index (χ1n) is 4.30. The normalized spacial score (nSPS) is 9.62. The Bertz CT molecular complexity index is 393. The van der Waals surface area contributed by atoms with Gasteiger partial charge in [-0.2, -0.15) is 5.06 Å². The number of nitrogens with zero attached hydrogens (tertiary/aromatic N) is 1. The predicted octanol–water partition coefficient (Wildman–Crippen LogP) is 1.05. The third-order valence-corrected chi connectivity index (χ3v) is 1.89. The standard InChI is InChI=1S/C9H10ClN3O3/c10-6-1-3-7(4-2-6)12-9(15)13(16)5-8(11)14/h1-4,16H,5H2,(H2,11,14)(H,12,15). The average molecular weight is 244 g/mol. The van der Waals surface area contributed by atoms with Gasteiger partial charge in [-0.15, -0.1) is 0 Å². The van der Waals surface area contributed by atoms with Gasteiger partial charge in [0, 0.05) is 10.7 Å². The molecule has 0 aliphatic carbocycles. The minimum atomic E-state index is -0.846. The monoisotopic (exact) mass is 243 g/mol. The molecule has 0 bridgehead atoms. The van der Waals surface area contributed by atoms with Crippen LogP contribution in [0.25, 0.3) is 0 Å². The van der Waals surface area contributed by atoms with Crippen LogP contribution in [0.2, 0.25) is 5.02 Å². The number of hydroxylamine groups is 2. The summed E-state index contributed by atoms with van der Waals surface area (Å²) in [5.74, 6) is -0.811. The third kappa shape index (κ3) is 3.76. The lowest BCUT2D eigenvalue weighted by molar-refractivity contribution is -0.126. The molecule has 1 aromatic rings. The molecule has 0 radical (unpaired) electrons. The summed E-state index contributed by atoms with van der Waals surface area (Å²) in [4.78, 5) is 21.7. The number of benzene rings is 1. The fraction of sp³-hybridized carbons (Fsp3) is 0.111. The molecule has 1 rings (SSSR count). The van der Waals surface area contributed by atoms with Crippen LogP contribution in [-0.2, 0) is 4.79 Å². The van der Waals surface area contributed by atoms with Crippen molar-refractivity contribution in [2.75, 3.05) is 11.9 Å². The Hall–Kier alpha value is -1.79. The molecule has 16 heavy (non-hydrogen) atoms. The van der Waals surface area contributed by atoms with Gasteiger partial charge in [-0.05, 0) is 24.3 Å². The molecule has 6 nitrogen and oxygen atoms in total. The van der Waals surface area contributed by atoms with Gasteiger partial charge in [-0.25, -0.2) is 4.79 Å². The zero-order valence-electron chi connectivity index (χ0n) is 8.18. The van der Waals surface area contributed by atoms with Gasteiger partial charge in [0.2, 0.25) is 5.91 Å². The van der Waals surface area contributed by atoms with E-state index in [1.54, 1.807) is 24.3 Å². The number of urea groups is 1. The maximum atomic E-state index is 11.3. The molecule has 0 aliphatic rings. The number of nitrogens with two attached hydrogens (primary N) is 1. The van der Waals surface area contributed by atoms with Gasteiger partial charge in [-0.1, -0.05) is 11.6 Å². The van der Waals surface area contributed by atoms with Crippen molar-refractivity contribution in [1.29, 1.82) is 0 Å². The maximum Gasteiger partial charge on any atom is 0.346 e. The van der Waals surface area contributed by atoms with Crippen LogP contribution in [0.15, 0.2) is 24.3 Å². The van der Waals surface area contributed by atoms with Crippen LogP contribution in [0, 0.1) is 0 Å². The first-order chi connectivity index (χ1) is 7.49. The molecule has 0 spiro atoms. The molecule has 4 N–H and O–H groups in total. The van der Waals surface area contributed by atoms with Gasteiger partial charge < -0.3 is 11.1 Å². The summed E-state index contributed by atoms with van der Waals surface area (Å²) in [6.07, 6.45) is 0. The van der Waals surface area contributed by atoms with Crippen LogP contribution in [0.3, 0.4) is 0 Å². The molecular weight excluding hydrogens is 234 g/mol. The van der Waals surface area contributed by atoms with Gasteiger partial charge in [0.25, 0.3) is 0 Å². The topological polar surface area (TPSA) is 95.7 Å². The molecule has 0 aliphatic heterocycles. The quantitative estimate of drug-likeness (QED) is 0.547. The summed E-state index contributed by atoms with van der Waals surface area (Å²) >= 11 is 5.65. The van der Waals surface area contributed by atoms with Crippen molar-refractivity contribution in [3.63, 3.8) is 0 Å². The van der Waals surface area contributed by atoms with E-state index in [9.17, 15) is 9.59 Å². The molecular formula is C9H10ClN3O3. The highest BCUT2D eigenvalue weighted by Gasteiger charge is 2.12. The van der Waals surface area contributed by atoms with Crippen molar-refractivity contribution >= 4 is 29.2 Å². The highest BCUT2D eigenvalue weighted by Crippen LogP contribution is 2.13. The van der Waals surface area contributed by atoms with Gasteiger partial charge in [-0.3, -0.25) is 10.0 Å². The van der Waals surface area contributed by atoms with Gasteiger partial charge in [0.05, 0.1) is 0 Å². The molecule has 0 atom stereocenters. The van der Waals surface area contributed by atoms with E-state index in [0.717, 1.165) is 0 Å². The molecule has 0 fully saturated rings. The molecule has 1 aromatic carbocycles. The van der Waals surface area contributed by atoms with Crippen LogP contribution in [0.4, 0.5) is 10.5 Å². The summed E-state index contributed by atoms with van der Waals surface area (Å²) in [6.45, 7) is -0.570. The van der Waals surface area contributed by atoms with Gasteiger partial charge in [0.1, 0.15) is 6.54 Å². The first-order valence-corrected chi connectivity index (χ1v) is 4.68. The smallest absolute Gasteiger partial charge is 0.346 e. The van der Waals surface area contributed by atoms with Crippen molar-refractivity contribution in [3.8, 4) is 0 Å². The number of nitrogens with one attached hydrogen (secondary N) is 1. The summed E-state index contributed by atoms with van der Waals surface area (Å²) in [5, 5.41) is 12.2. The van der Waals surface area contributed by atoms with E-state index in [4.69, 9.17) is 22.5 Å². The summed E-state index contributed by atoms with van der Waals surface area (Å²) in [6, 6.07) is 5.41. The van der Waals surface area contributed by atoms with Crippen LogP contribution in [-0.4, -0.2) is 28.8 Å². The lowest BCUT2D eigenvalue weighted by Gasteiger charge is -2.13. The van der Waals surface area contributed by atoms with Crippen molar-refractivity contribution < 1.29 is 14.8 Å². The fourth-order valence-corrected chi connectivity index (χ4v) is 1.07. The SMILES string of the molecule is NC(=O)CN(O)C(=O)Nc1ccc(Cl)cc1. The maximum absolute atomic E-state index is 11.3. The fourth-order valence-electron chi connectivity index (χ4n) is 0.941. The van der Waals surface area contributed by atoms with Crippen molar-refractivity contribution in [2.45, 2.75) is 0 Å². The number of primary amides is 1. The molecule has 0 saturated heterocycles. The molecule has 86 valence electrons. The lowest BCUT2D eigenvalue weighted by atomic mass is 10.3. The largest absolute Gasteiger partial charge is 0.368 e. The molecule has 7 heteroatoms. The number of carbonyl (C=O) groups is 2. The lowest BCUT2D eigenvalue weighted by Crippen LogP contribution is -2.38. The zero-order valence-corrected chi connectivity index (χ0v) is 8.94. The molecule has 0 heterocycles. The molecule has 3 amide bonds. The van der Waals surface area contributed by atoms with Gasteiger partial charge in [0.15, 0.2) is 0 Å². The number of hydrogen-bond donors (Lipinski definition) is 3. The number of hydrogen-bond acceptors (Lipinski definition) is 3. The second-order valence-electron chi connectivity index (χ2n) is 2.96. The summed E-state index contributed by atoms with van der Waals surface area (Å²) in [5.41, 5.74) is 5.25. The van der Waals surface area contributed by atoms with E-state index in [1.807, 2.05) is 0 Å². The van der Waals surface area contributed by atoms with Crippen LogP contribution in [0.5, 0.6) is 0 Å². The minimum absolute atomic E-state index is 0.191. The Balaban J connectivity index is 2.57. The number of amides is 3. The highest BCUT2D eigenvalue weighted by molar-refractivity contribution is 6.30. The van der Waals surface area contributed by atoms with E-state index in [0.29, 0.717) is 10.7 Å². The van der Waals surface area contributed by atoms with E-state index in [-0.39, 0.29) is 5.06 Å². The Kier molecular flexibility index (Phi) is 4.10. The number of anilines is 1. The van der Waals surface area contributed by atoms with Crippen molar-refractivity contribution in [1.82, 2.24) is 5.06 Å². The molecule has 0 unspecified atom stereocenters. The first kappa shape index (κ1) is 12.3. The second kappa shape index (κ2) is 5.34. The Morgan fingerprint density at radius 1 is 1.38 bits per heavy atom. The minimum Gasteiger partial charge on any atom is -0.368 e. The molecule has 0 saturated carbocycles. The average Bonchev–Trinajstić information content (AvgIpc) is 2.20. The Morgan fingerprint density at radius 2 is 1.94 bits per heavy atom. The summed E-state index contributed by atoms with van der Waals surface area (Å²) < 4.78 is 0. The van der Waals surface area contributed by atoms with Crippen molar-refractivity contribution in [3.05, 3.63) is 29.3 Å². The van der Waals surface area contributed by atoms with E-state index < -0.39 is 18.5 Å². The molecule has 0 aromatic heterocycles.